The molecule has 6 nitrogen and oxygen atoms in total. The molecular formula is C20H30N2O4. The lowest BCUT2D eigenvalue weighted by molar-refractivity contribution is -0.155. The molecule has 1 aromatic rings. The summed E-state index contributed by atoms with van der Waals surface area (Å²) < 4.78 is 10.5. The predicted octanol–water partition coefficient (Wildman–Crippen LogP) is 2.11. The molecule has 2 rings (SSSR count). The molecule has 0 aliphatic carbocycles. The number of esters is 1. The van der Waals surface area contributed by atoms with Crippen molar-refractivity contribution in [2.75, 3.05) is 39.8 Å². The number of amides is 1. The Morgan fingerprint density at radius 1 is 1.04 bits per heavy atom. The molecule has 1 amide bonds. The molecular weight excluding hydrogens is 332 g/mol. The van der Waals surface area contributed by atoms with Crippen molar-refractivity contribution < 1.29 is 19.1 Å². The van der Waals surface area contributed by atoms with Gasteiger partial charge in [-0.15, -0.1) is 0 Å². The van der Waals surface area contributed by atoms with E-state index in [1.807, 2.05) is 49.9 Å². The van der Waals surface area contributed by atoms with E-state index in [4.69, 9.17) is 9.47 Å². The molecule has 0 saturated carbocycles. The number of hydrogen-bond acceptors (Lipinski definition) is 5. The number of ether oxygens (including phenoxy) is 2. The third-order valence-corrected chi connectivity index (χ3v) is 4.29. The van der Waals surface area contributed by atoms with E-state index >= 15 is 0 Å². The summed E-state index contributed by atoms with van der Waals surface area (Å²) in [5.74, 6) is 0.761. The van der Waals surface area contributed by atoms with Gasteiger partial charge in [-0.05, 0) is 38.5 Å². The van der Waals surface area contributed by atoms with Crippen LogP contribution in [-0.2, 0) is 20.7 Å². The summed E-state index contributed by atoms with van der Waals surface area (Å²) in [4.78, 5) is 28.4. The molecule has 0 aromatic heterocycles. The first kappa shape index (κ1) is 20.2. The number of methoxy groups -OCH3 is 1. The standard InChI is InChI=1S/C20H30N2O4/c1-20(2,3)26-19(24)9-10-21-11-13-22(14-12-21)18(23)15-16-5-7-17(25-4)8-6-16/h5-8H,9-15H2,1-4H3. The van der Waals surface area contributed by atoms with E-state index in [9.17, 15) is 9.59 Å². The Bertz CT molecular complexity index is 599. The molecule has 0 unspecified atom stereocenters. The van der Waals surface area contributed by atoms with Gasteiger partial charge in [0.25, 0.3) is 0 Å². The van der Waals surface area contributed by atoms with Gasteiger partial charge in [0.2, 0.25) is 5.91 Å². The molecule has 144 valence electrons. The zero-order valence-electron chi connectivity index (χ0n) is 16.3. The molecule has 0 N–H and O–H groups in total. The van der Waals surface area contributed by atoms with E-state index in [-0.39, 0.29) is 11.9 Å². The van der Waals surface area contributed by atoms with Gasteiger partial charge >= 0.3 is 5.97 Å². The Kier molecular flexibility index (Phi) is 7.03. The third kappa shape index (κ3) is 6.67. The van der Waals surface area contributed by atoms with Gasteiger partial charge < -0.3 is 14.4 Å². The highest BCUT2D eigenvalue weighted by Gasteiger charge is 2.22. The average molecular weight is 362 g/mol. The van der Waals surface area contributed by atoms with Crippen molar-refractivity contribution in [3.05, 3.63) is 29.8 Å². The fraction of sp³-hybridized carbons (Fsp3) is 0.600. The maximum atomic E-state index is 12.5. The van der Waals surface area contributed by atoms with Gasteiger partial charge in [0, 0.05) is 32.7 Å². The second-order valence-corrected chi connectivity index (χ2v) is 7.58. The van der Waals surface area contributed by atoms with Crippen molar-refractivity contribution in [3.63, 3.8) is 0 Å². The van der Waals surface area contributed by atoms with E-state index in [2.05, 4.69) is 4.90 Å². The molecule has 0 atom stereocenters. The number of benzene rings is 1. The predicted molar refractivity (Wildman–Crippen MR) is 100 cm³/mol. The number of piperazine rings is 1. The molecule has 6 heteroatoms. The van der Waals surface area contributed by atoms with Crippen LogP contribution < -0.4 is 4.74 Å². The average Bonchev–Trinajstić information content (AvgIpc) is 2.59. The maximum Gasteiger partial charge on any atom is 0.307 e. The molecule has 1 aromatic carbocycles. The van der Waals surface area contributed by atoms with Crippen molar-refractivity contribution in [3.8, 4) is 5.75 Å². The second-order valence-electron chi connectivity index (χ2n) is 7.58. The summed E-state index contributed by atoms with van der Waals surface area (Å²) in [6, 6.07) is 7.59. The fourth-order valence-electron chi connectivity index (χ4n) is 2.89. The SMILES string of the molecule is COc1ccc(CC(=O)N2CCN(CCC(=O)OC(C)(C)C)CC2)cc1. The van der Waals surface area contributed by atoms with E-state index < -0.39 is 5.60 Å². The second kappa shape index (κ2) is 9.03. The van der Waals surface area contributed by atoms with E-state index in [0.717, 1.165) is 24.4 Å². The summed E-state index contributed by atoms with van der Waals surface area (Å²) in [5.41, 5.74) is 0.548. The van der Waals surface area contributed by atoms with Crippen molar-refractivity contribution in [2.45, 2.75) is 39.2 Å². The van der Waals surface area contributed by atoms with Gasteiger partial charge in [0.05, 0.1) is 20.0 Å². The van der Waals surface area contributed by atoms with Crippen LogP contribution in [0.5, 0.6) is 5.75 Å². The monoisotopic (exact) mass is 362 g/mol. The molecule has 1 saturated heterocycles. The van der Waals surface area contributed by atoms with Crippen LogP contribution in [0.15, 0.2) is 24.3 Å². The van der Waals surface area contributed by atoms with Gasteiger partial charge in [0.1, 0.15) is 11.4 Å². The van der Waals surface area contributed by atoms with Crippen LogP contribution in [0.4, 0.5) is 0 Å². The van der Waals surface area contributed by atoms with Gasteiger partial charge in [-0.25, -0.2) is 0 Å². The van der Waals surface area contributed by atoms with Crippen LogP contribution in [0.1, 0.15) is 32.8 Å². The van der Waals surface area contributed by atoms with E-state index in [0.29, 0.717) is 32.5 Å². The largest absolute Gasteiger partial charge is 0.497 e. The Hall–Kier alpha value is -2.08. The highest BCUT2D eigenvalue weighted by Crippen LogP contribution is 2.13. The Balaban J connectivity index is 1.71. The summed E-state index contributed by atoms with van der Waals surface area (Å²) >= 11 is 0. The van der Waals surface area contributed by atoms with Crippen molar-refractivity contribution in [1.29, 1.82) is 0 Å². The molecule has 1 aliphatic rings. The third-order valence-electron chi connectivity index (χ3n) is 4.29. The fourth-order valence-corrected chi connectivity index (χ4v) is 2.89. The van der Waals surface area contributed by atoms with Crippen molar-refractivity contribution >= 4 is 11.9 Å². The zero-order chi connectivity index (χ0) is 19.2. The Labute approximate surface area is 156 Å². The lowest BCUT2D eigenvalue weighted by Gasteiger charge is -2.34. The Morgan fingerprint density at radius 2 is 1.65 bits per heavy atom. The molecule has 26 heavy (non-hydrogen) atoms. The molecule has 1 heterocycles. The normalized spacial score (nSPS) is 15.6. The molecule has 1 fully saturated rings. The molecule has 1 aliphatic heterocycles. The highest BCUT2D eigenvalue weighted by molar-refractivity contribution is 5.79. The lowest BCUT2D eigenvalue weighted by atomic mass is 10.1. The summed E-state index contributed by atoms with van der Waals surface area (Å²) in [5, 5.41) is 0. The maximum absolute atomic E-state index is 12.5. The number of rotatable bonds is 6. The topological polar surface area (TPSA) is 59.1 Å². The quantitative estimate of drug-likeness (QED) is 0.726. The minimum atomic E-state index is -0.441. The Morgan fingerprint density at radius 3 is 2.19 bits per heavy atom. The minimum Gasteiger partial charge on any atom is -0.497 e. The number of carbonyl (C=O) groups is 2. The van der Waals surface area contributed by atoms with Gasteiger partial charge in [-0.1, -0.05) is 12.1 Å². The lowest BCUT2D eigenvalue weighted by Crippen LogP contribution is -2.49. The van der Waals surface area contributed by atoms with Crippen LogP contribution in [-0.4, -0.2) is 67.1 Å². The first-order valence-corrected chi connectivity index (χ1v) is 9.12. The van der Waals surface area contributed by atoms with Crippen LogP contribution in [0, 0.1) is 0 Å². The van der Waals surface area contributed by atoms with Gasteiger partial charge in [0.15, 0.2) is 0 Å². The number of nitrogens with zero attached hydrogens (tertiary/aromatic N) is 2. The first-order valence-electron chi connectivity index (χ1n) is 9.12. The smallest absolute Gasteiger partial charge is 0.307 e. The van der Waals surface area contributed by atoms with Crippen LogP contribution in [0.25, 0.3) is 0 Å². The van der Waals surface area contributed by atoms with Gasteiger partial charge in [-0.3, -0.25) is 14.5 Å². The number of hydrogen-bond donors (Lipinski definition) is 0. The minimum absolute atomic E-state index is 0.141. The summed E-state index contributed by atoms with van der Waals surface area (Å²) in [6.07, 6.45) is 0.791. The molecule has 0 radical (unpaired) electrons. The summed E-state index contributed by atoms with van der Waals surface area (Å²) in [6.45, 7) is 9.27. The highest BCUT2D eigenvalue weighted by atomic mass is 16.6. The van der Waals surface area contributed by atoms with Crippen LogP contribution in [0.2, 0.25) is 0 Å². The van der Waals surface area contributed by atoms with E-state index in [1.165, 1.54) is 0 Å². The van der Waals surface area contributed by atoms with Gasteiger partial charge in [-0.2, -0.15) is 0 Å². The summed E-state index contributed by atoms with van der Waals surface area (Å²) in [7, 11) is 1.63. The zero-order valence-corrected chi connectivity index (χ0v) is 16.3. The van der Waals surface area contributed by atoms with Crippen LogP contribution >= 0.6 is 0 Å². The van der Waals surface area contributed by atoms with Crippen molar-refractivity contribution in [1.82, 2.24) is 9.80 Å². The number of carbonyl (C=O) groups excluding carboxylic acids is 2. The van der Waals surface area contributed by atoms with E-state index in [1.54, 1.807) is 7.11 Å². The molecule has 0 spiro atoms. The van der Waals surface area contributed by atoms with Crippen LogP contribution in [0.3, 0.4) is 0 Å². The molecule has 0 bridgehead atoms. The first-order chi connectivity index (χ1) is 12.3. The van der Waals surface area contributed by atoms with Crippen molar-refractivity contribution in [2.24, 2.45) is 0 Å².